The maximum atomic E-state index is 13.3. The first kappa shape index (κ1) is 19.3. The Balaban J connectivity index is 1.17. The van der Waals surface area contributed by atoms with Gasteiger partial charge in [-0.2, -0.15) is 0 Å². The molecule has 4 heteroatoms. The number of hydrogen-bond donors (Lipinski definition) is 0. The van der Waals surface area contributed by atoms with Gasteiger partial charge in [-0.1, -0.05) is 31.7 Å². The van der Waals surface area contributed by atoms with Crippen LogP contribution >= 0.6 is 0 Å². The summed E-state index contributed by atoms with van der Waals surface area (Å²) in [6.07, 6.45) is 12.0. The van der Waals surface area contributed by atoms with Crippen LogP contribution in [0.2, 0.25) is 0 Å². The van der Waals surface area contributed by atoms with Gasteiger partial charge in [-0.15, -0.1) is 0 Å². The quantitative estimate of drug-likeness (QED) is 0.637. The number of ether oxygens (including phenoxy) is 2. The Bertz CT molecular complexity index is 598. The van der Waals surface area contributed by atoms with Crippen molar-refractivity contribution in [3.63, 3.8) is 0 Å². The zero-order valence-electron chi connectivity index (χ0n) is 16.2. The molecular formula is C23H32F2O2. The van der Waals surface area contributed by atoms with Gasteiger partial charge in [0.25, 0.3) is 0 Å². The fourth-order valence-electron chi connectivity index (χ4n) is 5.32. The molecule has 1 aromatic rings. The molecule has 0 bridgehead atoms. The zero-order chi connectivity index (χ0) is 18.6. The van der Waals surface area contributed by atoms with E-state index in [0.29, 0.717) is 17.8 Å². The monoisotopic (exact) mass is 378 g/mol. The first-order valence-electron chi connectivity index (χ1n) is 10.9. The molecule has 3 fully saturated rings. The summed E-state index contributed by atoms with van der Waals surface area (Å²) in [6.45, 7) is 1.76. The maximum absolute atomic E-state index is 13.3. The summed E-state index contributed by atoms with van der Waals surface area (Å²) >= 11 is 0. The van der Waals surface area contributed by atoms with Gasteiger partial charge in [0.05, 0.1) is 13.2 Å². The third-order valence-electron chi connectivity index (χ3n) is 7.12. The molecule has 2 saturated carbocycles. The Morgan fingerprint density at radius 1 is 0.778 bits per heavy atom. The summed E-state index contributed by atoms with van der Waals surface area (Å²) in [6, 6.07) is 4.28. The topological polar surface area (TPSA) is 18.5 Å². The van der Waals surface area contributed by atoms with E-state index in [1.807, 2.05) is 0 Å². The van der Waals surface area contributed by atoms with Gasteiger partial charge in [-0.3, -0.25) is 0 Å². The van der Waals surface area contributed by atoms with E-state index in [1.165, 1.54) is 50.7 Å². The highest BCUT2D eigenvalue weighted by Gasteiger charge is 2.35. The maximum Gasteiger partial charge on any atom is 0.160 e. The molecule has 0 unspecified atom stereocenters. The van der Waals surface area contributed by atoms with Gasteiger partial charge in [0.2, 0.25) is 0 Å². The van der Waals surface area contributed by atoms with E-state index in [-0.39, 0.29) is 6.29 Å². The van der Waals surface area contributed by atoms with Crippen LogP contribution in [-0.2, 0) is 15.9 Å². The minimum Gasteiger partial charge on any atom is -0.352 e. The van der Waals surface area contributed by atoms with Crippen LogP contribution in [0.4, 0.5) is 8.78 Å². The van der Waals surface area contributed by atoms with Crippen molar-refractivity contribution in [3.8, 4) is 0 Å². The third-order valence-corrected chi connectivity index (χ3v) is 7.12. The molecule has 150 valence electrons. The molecule has 1 saturated heterocycles. The van der Waals surface area contributed by atoms with Crippen molar-refractivity contribution in [1.82, 2.24) is 0 Å². The summed E-state index contributed by atoms with van der Waals surface area (Å²) in [7, 11) is 0. The second kappa shape index (κ2) is 9.00. The minimum atomic E-state index is -0.762. The molecule has 27 heavy (non-hydrogen) atoms. The molecule has 1 aliphatic heterocycles. The minimum absolute atomic E-state index is 0.00482. The molecule has 2 aliphatic carbocycles. The molecule has 2 nitrogen and oxygen atoms in total. The van der Waals surface area contributed by atoms with Crippen molar-refractivity contribution < 1.29 is 18.3 Å². The van der Waals surface area contributed by atoms with Crippen LogP contribution in [0.5, 0.6) is 0 Å². The van der Waals surface area contributed by atoms with Crippen LogP contribution in [0.3, 0.4) is 0 Å². The largest absolute Gasteiger partial charge is 0.352 e. The van der Waals surface area contributed by atoms with E-state index in [2.05, 4.69) is 0 Å². The lowest BCUT2D eigenvalue weighted by Gasteiger charge is -2.39. The summed E-state index contributed by atoms with van der Waals surface area (Å²) in [5.41, 5.74) is 0.896. The molecule has 3 aliphatic rings. The fraction of sp³-hybridized carbons (Fsp3) is 0.739. The van der Waals surface area contributed by atoms with Crippen molar-refractivity contribution in [2.75, 3.05) is 13.2 Å². The van der Waals surface area contributed by atoms with E-state index in [9.17, 15) is 8.78 Å². The normalized spacial score (nSPS) is 32.7. The molecule has 1 heterocycles. The van der Waals surface area contributed by atoms with E-state index < -0.39 is 11.6 Å². The number of benzene rings is 1. The van der Waals surface area contributed by atoms with Crippen LogP contribution in [0, 0.1) is 35.3 Å². The molecule has 0 spiro atoms. The Morgan fingerprint density at radius 3 is 2.15 bits per heavy atom. The lowest BCUT2D eigenvalue weighted by molar-refractivity contribution is -0.235. The Labute approximate surface area is 161 Å². The van der Waals surface area contributed by atoms with Gasteiger partial charge >= 0.3 is 0 Å². The second-order valence-corrected chi connectivity index (χ2v) is 8.91. The Kier molecular flexibility index (Phi) is 6.44. The van der Waals surface area contributed by atoms with Crippen molar-refractivity contribution in [1.29, 1.82) is 0 Å². The predicted molar refractivity (Wildman–Crippen MR) is 101 cm³/mol. The summed E-state index contributed by atoms with van der Waals surface area (Å²) in [5.74, 6) is 1.12. The molecule has 0 amide bonds. The van der Waals surface area contributed by atoms with E-state index in [0.717, 1.165) is 50.4 Å². The van der Waals surface area contributed by atoms with Crippen molar-refractivity contribution in [2.45, 2.75) is 70.5 Å². The smallest absolute Gasteiger partial charge is 0.160 e. The molecule has 0 radical (unpaired) electrons. The summed E-state index contributed by atoms with van der Waals surface area (Å²) in [4.78, 5) is 0. The number of hydrogen-bond acceptors (Lipinski definition) is 2. The standard InChI is InChI=1S/C23H32F2O2/c24-21-12-9-17(13-22(21)25)6-5-16-7-10-19(11-8-16)23-26-14-20(15-27-23)18-3-1-2-4-18/h9,12-13,16,18-20,23H,1-8,10-11,14-15H2/t16-,19-,20-,23-. The van der Waals surface area contributed by atoms with E-state index >= 15 is 0 Å². The van der Waals surface area contributed by atoms with Crippen LogP contribution < -0.4 is 0 Å². The molecule has 1 aromatic carbocycles. The fourth-order valence-corrected chi connectivity index (χ4v) is 5.32. The van der Waals surface area contributed by atoms with Gasteiger partial charge in [0.15, 0.2) is 17.9 Å². The molecule has 0 N–H and O–H groups in total. The number of aryl methyl sites for hydroxylation is 1. The second-order valence-electron chi connectivity index (χ2n) is 8.91. The highest BCUT2D eigenvalue weighted by molar-refractivity contribution is 5.17. The average Bonchev–Trinajstić information content (AvgIpc) is 3.24. The summed E-state index contributed by atoms with van der Waals surface area (Å²) < 4.78 is 38.6. The average molecular weight is 379 g/mol. The first-order chi connectivity index (χ1) is 13.2. The predicted octanol–water partition coefficient (Wildman–Crippen LogP) is 5.88. The van der Waals surface area contributed by atoms with E-state index in [1.54, 1.807) is 6.07 Å². The van der Waals surface area contributed by atoms with Crippen LogP contribution in [0.25, 0.3) is 0 Å². The van der Waals surface area contributed by atoms with Gasteiger partial charge in [-0.05, 0) is 68.1 Å². The SMILES string of the molecule is Fc1ccc(CC[C@H]2CC[C@H]([C@H]3OC[C@H](C4CCCC4)CO3)CC2)cc1F. The van der Waals surface area contributed by atoms with Crippen molar-refractivity contribution >= 4 is 0 Å². The zero-order valence-corrected chi connectivity index (χ0v) is 16.2. The van der Waals surface area contributed by atoms with Gasteiger partial charge < -0.3 is 9.47 Å². The van der Waals surface area contributed by atoms with Crippen molar-refractivity contribution in [3.05, 3.63) is 35.4 Å². The highest BCUT2D eigenvalue weighted by atomic mass is 19.2. The number of halogens is 2. The van der Waals surface area contributed by atoms with Crippen LogP contribution in [-0.4, -0.2) is 19.5 Å². The molecule has 0 aromatic heterocycles. The van der Waals surface area contributed by atoms with Gasteiger partial charge in [0, 0.05) is 11.8 Å². The molecule has 0 atom stereocenters. The first-order valence-corrected chi connectivity index (χ1v) is 10.9. The van der Waals surface area contributed by atoms with E-state index in [4.69, 9.17) is 9.47 Å². The lowest BCUT2D eigenvalue weighted by atomic mass is 9.79. The highest BCUT2D eigenvalue weighted by Crippen LogP contribution is 2.38. The van der Waals surface area contributed by atoms with Crippen LogP contribution in [0.1, 0.15) is 63.4 Å². The third kappa shape index (κ3) is 4.89. The Hall–Kier alpha value is -1.00. The van der Waals surface area contributed by atoms with Crippen molar-refractivity contribution in [2.24, 2.45) is 23.7 Å². The van der Waals surface area contributed by atoms with Crippen LogP contribution in [0.15, 0.2) is 18.2 Å². The van der Waals surface area contributed by atoms with Gasteiger partial charge in [0.1, 0.15) is 0 Å². The Morgan fingerprint density at radius 2 is 1.48 bits per heavy atom. The molecular weight excluding hydrogens is 346 g/mol. The van der Waals surface area contributed by atoms with Gasteiger partial charge in [-0.25, -0.2) is 8.78 Å². The number of rotatable bonds is 5. The molecule has 4 rings (SSSR count). The lowest BCUT2D eigenvalue weighted by Crippen LogP contribution is -2.40. The summed E-state index contributed by atoms with van der Waals surface area (Å²) in [5, 5.41) is 0.